The van der Waals surface area contributed by atoms with Crippen LogP contribution in [-0.4, -0.2) is 53.6 Å². The minimum absolute atomic E-state index is 0.750. The molecule has 0 radical (unpaired) electrons. The summed E-state index contributed by atoms with van der Waals surface area (Å²) in [6, 6.07) is 0. The zero-order chi connectivity index (χ0) is 14.7. The lowest BCUT2D eigenvalue weighted by atomic mass is 11.6. The van der Waals surface area contributed by atoms with E-state index >= 15 is 0 Å². The van der Waals surface area contributed by atoms with Gasteiger partial charge < -0.3 is 4.55 Å². The highest BCUT2D eigenvalue weighted by Crippen LogP contribution is 1.78. The quantitative estimate of drug-likeness (QED) is 0.510. The topological polar surface area (TPSA) is 167 Å². The molecule has 0 saturated carbocycles. The van der Waals surface area contributed by atoms with E-state index in [2.05, 4.69) is 0 Å². The van der Waals surface area contributed by atoms with Crippen molar-refractivity contribution in [3.05, 3.63) is 0 Å². The molecule has 0 fully saturated rings. The Kier molecular flexibility index (Phi) is 14.1. The molecule has 0 aromatic carbocycles. The van der Waals surface area contributed by atoms with Crippen LogP contribution in [0.5, 0.6) is 0 Å². The van der Waals surface area contributed by atoms with Gasteiger partial charge in [-0.1, -0.05) is 0 Å². The molecular formula is C3H11N2O8S4-. The minimum Gasteiger partial charge on any atom is -0.760 e. The normalized spacial score (nSPS) is 12.2. The van der Waals surface area contributed by atoms with Crippen molar-refractivity contribution in [2.45, 2.75) is 0 Å². The highest BCUT2D eigenvalue weighted by atomic mass is 32.3. The average Bonchev–Trinajstić information content (AvgIpc) is 1.99. The second-order valence-corrected chi connectivity index (χ2v) is 6.90. The summed E-state index contributed by atoms with van der Waals surface area (Å²) in [5, 5.41) is 0. The number of hydrogen-bond donors (Lipinski definition) is 2. The van der Waals surface area contributed by atoms with Crippen LogP contribution in [0.15, 0.2) is 0 Å². The van der Waals surface area contributed by atoms with Crippen LogP contribution in [0.3, 0.4) is 0 Å². The van der Waals surface area contributed by atoms with Gasteiger partial charge in [0.1, 0.15) is 0 Å². The highest BCUT2D eigenvalue weighted by molar-refractivity contribution is 8.04. The molecule has 0 aromatic rings. The van der Waals surface area contributed by atoms with Crippen molar-refractivity contribution in [2.24, 2.45) is 0 Å². The van der Waals surface area contributed by atoms with Gasteiger partial charge in [-0.25, -0.2) is 16.8 Å². The van der Waals surface area contributed by atoms with Crippen molar-refractivity contribution in [1.29, 1.82) is 0 Å². The summed E-state index contributed by atoms with van der Waals surface area (Å²) >= 11 is -2.82. The lowest BCUT2D eigenvalue weighted by molar-refractivity contribution is 0.528. The van der Waals surface area contributed by atoms with Crippen LogP contribution >= 0.6 is 0 Å². The molecular weight excluding hydrogens is 320 g/mol. The Balaban J connectivity index is -0.000000207. The van der Waals surface area contributed by atoms with E-state index in [4.69, 9.17) is 8.42 Å². The summed E-state index contributed by atoms with van der Waals surface area (Å²) in [5.74, 6) is 0. The fourth-order valence-electron chi connectivity index (χ4n) is 0.275. The standard InChI is InChI=1S/C2H7NO4S2.CH5NO2S.O2S/c1-8(4,5)3-9(2,6)7;1-2-5(3)4;1-3-2/h3H,1-2H3;2H,1H3,(H,3,4);/p-1. The van der Waals surface area contributed by atoms with Gasteiger partial charge in [0, 0.05) is 11.3 Å². The maximum absolute atomic E-state index is 10.2. The molecule has 0 saturated heterocycles. The molecule has 0 aliphatic heterocycles. The Morgan fingerprint density at radius 2 is 1.24 bits per heavy atom. The molecule has 0 aliphatic rings. The van der Waals surface area contributed by atoms with Gasteiger partial charge in [0.2, 0.25) is 20.0 Å². The molecule has 10 nitrogen and oxygen atoms in total. The van der Waals surface area contributed by atoms with Crippen LogP contribution in [0.4, 0.5) is 0 Å². The maximum Gasteiger partial charge on any atom is 0.335 e. The maximum atomic E-state index is 10.2. The van der Waals surface area contributed by atoms with E-state index in [1.54, 1.807) is 0 Å². The van der Waals surface area contributed by atoms with Crippen LogP contribution in [0, 0.1) is 0 Å². The SMILES string of the molecule is CNS(=O)[O-].CS(=O)(=O)NS(C)(=O)=O.O=S=O. The second-order valence-electron chi connectivity index (χ2n) is 2.13. The fourth-order valence-corrected chi connectivity index (χ4v) is 2.47. The first kappa shape index (κ1) is 22.0. The van der Waals surface area contributed by atoms with Crippen molar-refractivity contribution in [1.82, 2.24) is 8.85 Å². The first-order valence-electron chi connectivity index (χ1n) is 3.26. The van der Waals surface area contributed by atoms with E-state index < -0.39 is 42.9 Å². The van der Waals surface area contributed by atoms with Gasteiger partial charge >= 0.3 is 11.6 Å². The Bertz CT molecular complexity index is 415. The van der Waals surface area contributed by atoms with Gasteiger partial charge in [-0.05, 0) is 7.05 Å². The third kappa shape index (κ3) is 49.6. The van der Waals surface area contributed by atoms with Crippen molar-refractivity contribution in [3.63, 3.8) is 0 Å². The smallest absolute Gasteiger partial charge is 0.335 e. The molecule has 2 N–H and O–H groups in total. The second kappa shape index (κ2) is 10.9. The Labute approximate surface area is 105 Å². The predicted octanol–water partition coefficient (Wildman–Crippen LogP) is -3.18. The van der Waals surface area contributed by atoms with Crippen LogP contribution in [-0.2, 0) is 42.9 Å². The number of hydrogen-bond acceptors (Lipinski definition) is 8. The first-order valence-corrected chi connectivity index (χ1v) is 8.79. The summed E-state index contributed by atoms with van der Waals surface area (Å²) in [6.45, 7) is 0. The van der Waals surface area contributed by atoms with Crippen molar-refractivity contribution in [3.8, 4) is 0 Å². The molecule has 0 heterocycles. The van der Waals surface area contributed by atoms with Gasteiger partial charge in [0.15, 0.2) is 0 Å². The van der Waals surface area contributed by atoms with Crippen LogP contribution in [0.2, 0.25) is 0 Å². The number of rotatable bonds is 3. The molecule has 0 spiro atoms. The van der Waals surface area contributed by atoms with Crippen LogP contribution < -0.4 is 8.85 Å². The molecule has 14 heteroatoms. The zero-order valence-electron chi connectivity index (χ0n) is 8.90. The summed E-state index contributed by atoms with van der Waals surface area (Å²) in [4.78, 5) is 0. The lowest BCUT2D eigenvalue weighted by Gasteiger charge is -1.95. The van der Waals surface area contributed by atoms with E-state index in [1.807, 2.05) is 4.72 Å². The van der Waals surface area contributed by atoms with E-state index in [0.717, 1.165) is 12.5 Å². The molecule has 0 aliphatic carbocycles. The monoisotopic (exact) mass is 331 g/mol. The summed E-state index contributed by atoms with van der Waals surface area (Å²) in [5.41, 5.74) is 0. The van der Waals surface area contributed by atoms with Crippen LogP contribution in [0.1, 0.15) is 0 Å². The first-order chi connectivity index (χ1) is 7.39. The largest absolute Gasteiger partial charge is 0.760 e. The Hall–Kier alpha value is -0.250. The molecule has 0 aromatic heterocycles. The van der Waals surface area contributed by atoms with Gasteiger partial charge in [-0.15, -0.1) is 4.13 Å². The molecule has 17 heavy (non-hydrogen) atoms. The summed E-state index contributed by atoms with van der Waals surface area (Å²) < 4.78 is 79.1. The van der Waals surface area contributed by atoms with Gasteiger partial charge in [-0.3, -0.25) is 8.93 Å². The van der Waals surface area contributed by atoms with E-state index in [1.165, 1.54) is 11.2 Å². The van der Waals surface area contributed by atoms with Crippen LogP contribution in [0.25, 0.3) is 0 Å². The Morgan fingerprint density at radius 3 is 1.24 bits per heavy atom. The molecule has 0 bridgehead atoms. The summed E-state index contributed by atoms with van der Waals surface area (Å²) in [6.07, 6.45) is 1.54. The summed E-state index contributed by atoms with van der Waals surface area (Å²) in [7, 11) is -5.90. The van der Waals surface area contributed by atoms with Gasteiger partial charge in [-0.2, -0.15) is 8.42 Å². The molecule has 1 atom stereocenters. The van der Waals surface area contributed by atoms with E-state index in [0.29, 0.717) is 0 Å². The molecule has 0 amide bonds. The third-order valence-electron chi connectivity index (χ3n) is 0.469. The third-order valence-corrected chi connectivity index (χ3v) is 3.22. The average molecular weight is 331 g/mol. The fraction of sp³-hybridized carbons (Fsp3) is 1.00. The predicted molar refractivity (Wildman–Crippen MR) is 59.7 cm³/mol. The number of nitrogens with one attached hydrogen (secondary N) is 2. The van der Waals surface area contributed by atoms with Gasteiger partial charge in [0.25, 0.3) is 0 Å². The van der Waals surface area contributed by atoms with Crippen molar-refractivity contribution >= 4 is 42.9 Å². The Morgan fingerprint density at radius 1 is 1.06 bits per heavy atom. The number of sulfonamides is 2. The molecule has 1 unspecified atom stereocenters. The van der Waals surface area contributed by atoms with Gasteiger partial charge in [0.05, 0.1) is 12.5 Å². The minimum atomic E-state index is -3.62. The molecule has 0 rings (SSSR count). The van der Waals surface area contributed by atoms with Crippen molar-refractivity contribution in [2.75, 3.05) is 19.6 Å². The van der Waals surface area contributed by atoms with E-state index in [-0.39, 0.29) is 0 Å². The lowest BCUT2D eigenvalue weighted by Crippen LogP contribution is -2.27. The molecule has 106 valence electrons. The zero-order valence-corrected chi connectivity index (χ0v) is 12.2. The highest BCUT2D eigenvalue weighted by Gasteiger charge is 2.08. The van der Waals surface area contributed by atoms with E-state index in [9.17, 15) is 25.6 Å². The van der Waals surface area contributed by atoms with Crippen molar-refractivity contribution < 1.29 is 34.0 Å².